The predicted octanol–water partition coefficient (Wildman–Crippen LogP) is 2.97. The van der Waals surface area contributed by atoms with E-state index in [4.69, 9.17) is 18.1 Å². The Kier molecular flexibility index (Phi) is 9.02. The quantitative estimate of drug-likeness (QED) is 0.253. The number of sulfonamides is 1. The van der Waals surface area contributed by atoms with Gasteiger partial charge in [-0.05, 0) is 42.9 Å². The Morgan fingerprint density at radius 3 is 2.29 bits per heavy atom. The minimum Gasteiger partial charge on any atom is -0.364 e. The van der Waals surface area contributed by atoms with E-state index < -0.39 is 10.0 Å². The van der Waals surface area contributed by atoms with Crippen molar-refractivity contribution < 1.29 is 8.42 Å². The van der Waals surface area contributed by atoms with E-state index in [-0.39, 0.29) is 5.75 Å². The molecule has 0 aliphatic rings. The number of unbranched alkanes of at least 4 members (excludes halogenated alkanes) is 5. The van der Waals surface area contributed by atoms with Crippen molar-refractivity contribution in [3.63, 3.8) is 0 Å². The zero-order valence-corrected chi connectivity index (χ0v) is 16.0. The third-order valence-electron chi connectivity index (χ3n) is 3.62. The lowest BCUT2D eigenvalue weighted by atomic mass is 10.1. The fraction of sp³-hybridized carbons (Fsp3) is 0.562. The number of thiocarbonyl (C=S) groups is 1. The first kappa shape index (κ1) is 20.7. The molecule has 24 heavy (non-hydrogen) atoms. The number of rotatable bonds is 10. The lowest BCUT2D eigenvalue weighted by Gasteiger charge is -2.19. The summed E-state index contributed by atoms with van der Waals surface area (Å²) in [5.74, 6) is 5.98. The third-order valence-corrected chi connectivity index (χ3v) is 5.39. The van der Waals surface area contributed by atoms with Gasteiger partial charge in [0.2, 0.25) is 10.0 Å². The number of anilines is 2. The van der Waals surface area contributed by atoms with Gasteiger partial charge in [-0.25, -0.2) is 14.3 Å². The number of nitrogens with two attached hydrogens (primary N) is 1. The second-order valence-electron chi connectivity index (χ2n) is 5.66. The van der Waals surface area contributed by atoms with Gasteiger partial charge in [0.1, 0.15) is 0 Å². The van der Waals surface area contributed by atoms with Crippen LogP contribution >= 0.6 is 12.2 Å². The Bertz CT molecular complexity index is 603. The molecule has 1 aromatic carbocycles. The van der Waals surface area contributed by atoms with Crippen molar-refractivity contribution in [3.05, 3.63) is 24.3 Å². The monoisotopic (exact) mass is 372 g/mol. The molecule has 0 unspecified atom stereocenters. The van der Waals surface area contributed by atoms with Gasteiger partial charge in [-0.3, -0.25) is 9.73 Å². The zero-order chi connectivity index (χ0) is 18.0. The van der Waals surface area contributed by atoms with Gasteiger partial charge in [0.05, 0.1) is 11.4 Å². The fourth-order valence-electron chi connectivity index (χ4n) is 2.23. The minimum absolute atomic E-state index is 0.147. The third kappa shape index (κ3) is 7.46. The molecule has 0 aliphatic heterocycles. The number of benzene rings is 1. The van der Waals surface area contributed by atoms with Crippen LogP contribution < -0.4 is 20.9 Å². The van der Waals surface area contributed by atoms with Gasteiger partial charge >= 0.3 is 0 Å². The summed E-state index contributed by atoms with van der Waals surface area (Å²) >= 11 is 5.04. The van der Waals surface area contributed by atoms with Gasteiger partial charge in [0, 0.05) is 12.7 Å². The van der Waals surface area contributed by atoms with Crippen LogP contribution in [0.15, 0.2) is 24.3 Å². The first-order valence-corrected chi connectivity index (χ1v) is 10.3. The predicted molar refractivity (Wildman–Crippen MR) is 106 cm³/mol. The van der Waals surface area contributed by atoms with Crippen molar-refractivity contribution in [1.82, 2.24) is 5.32 Å². The smallest absolute Gasteiger partial charge is 0.232 e. The first-order chi connectivity index (χ1) is 11.4. The Hall–Kier alpha value is -1.38. The molecule has 0 radical (unpaired) electrons. The maximum Gasteiger partial charge on any atom is 0.232 e. The Morgan fingerprint density at radius 2 is 1.71 bits per heavy atom. The molecular formula is C16H28N4O2S2. The average Bonchev–Trinajstić information content (AvgIpc) is 2.57. The van der Waals surface area contributed by atoms with E-state index in [1.54, 1.807) is 31.3 Å². The largest absolute Gasteiger partial charge is 0.364 e. The fourth-order valence-corrected chi connectivity index (χ4v) is 3.52. The standard InChI is InChI=1S/C16H28N4O2S2/c1-3-4-5-6-7-8-13-24(21,22)19-14-9-11-15(12-10-14)20(17)16(23)18-2/h9-12,19H,3-8,13,17H2,1-2H3,(H,18,23). The van der Waals surface area contributed by atoms with Gasteiger partial charge in [-0.1, -0.05) is 39.0 Å². The van der Waals surface area contributed by atoms with Crippen LogP contribution in [0.5, 0.6) is 0 Å². The van der Waals surface area contributed by atoms with Crippen LogP contribution in [-0.2, 0) is 10.0 Å². The first-order valence-electron chi connectivity index (χ1n) is 8.26. The summed E-state index contributed by atoms with van der Waals surface area (Å²) in [6.45, 7) is 2.16. The summed E-state index contributed by atoms with van der Waals surface area (Å²) in [5.41, 5.74) is 1.20. The van der Waals surface area contributed by atoms with Crippen LogP contribution in [0.25, 0.3) is 0 Å². The van der Waals surface area contributed by atoms with E-state index in [1.807, 2.05) is 0 Å². The molecule has 4 N–H and O–H groups in total. The normalized spacial score (nSPS) is 11.1. The van der Waals surface area contributed by atoms with Crippen LogP contribution in [0.2, 0.25) is 0 Å². The molecule has 0 heterocycles. The van der Waals surface area contributed by atoms with Crippen LogP contribution in [0, 0.1) is 0 Å². The SMILES string of the molecule is CCCCCCCCS(=O)(=O)Nc1ccc(N(N)C(=S)NC)cc1. The molecule has 0 saturated carbocycles. The van der Waals surface area contributed by atoms with Gasteiger partial charge in [-0.15, -0.1) is 0 Å². The van der Waals surface area contributed by atoms with Gasteiger partial charge in [0.25, 0.3) is 0 Å². The average molecular weight is 373 g/mol. The van der Waals surface area contributed by atoms with Gasteiger partial charge < -0.3 is 5.32 Å². The second kappa shape index (κ2) is 10.5. The molecule has 8 heteroatoms. The van der Waals surface area contributed by atoms with Crippen molar-refractivity contribution in [2.75, 3.05) is 22.5 Å². The molecule has 0 aromatic heterocycles. The molecule has 6 nitrogen and oxygen atoms in total. The summed E-state index contributed by atoms with van der Waals surface area (Å²) in [6.07, 6.45) is 6.31. The molecule has 0 aliphatic carbocycles. The summed E-state index contributed by atoms with van der Waals surface area (Å²) in [5, 5.41) is 4.48. The van der Waals surface area contributed by atoms with E-state index in [0.29, 0.717) is 22.9 Å². The highest BCUT2D eigenvalue weighted by Crippen LogP contribution is 2.17. The number of hydrogen-bond acceptors (Lipinski definition) is 4. The molecule has 0 bridgehead atoms. The molecule has 0 spiro atoms. The topological polar surface area (TPSA) is 87.5 Å². The van der Waals surface area contributed by atoms with Crippen LogP contribution in [-0.4, -0.2) is 26.3 Å². The summed E-state index contributed by atoms with van der Waals surface area (Å²) < 4.78 is 26.8. The van der Waals surface area contributed by atoms with Crippen molar-refractivity contribution in [2.45, 2.75) is 45.4 Å². The van der Waals surface area contributed by atoms with Crippen LogP contribution in [0.3, 0.4) is 0 Å². The molecular weight excluding hydrogens is 344 g/mol. The minimum atomic E-state index is -3.31. The highest BCUT2D eigenvalue weighted by Gasteiger charge is 2.11. The number of hydrogen-bond donors (Lipinski definition) is 3. The molecule has 1 rings (SSSR count). The zero-order valence-electron chi connectivity index (χ0n) is 14.4. The second-order valence-corrected chi connectivity index (χ2v) is 7.89. The van der Waals surface area contributed by atoms with Crippen LogP contribution in [0.4, 0.5) is 11.4 Å². The molecule has 1 aromatic rings. The van der Waals surface area contributed by atoms with E-state index >= 15 is 0 Å². The van der Waals surface area contributed by atoms with Gasteiger partial charge in [0.15, 0.2) is 5.11 Å². The van der Waals surface area contributed by atoms with Crippen molar-refractivity contribution >= 4 is 38.7 Å². The van der Waals surface area contributed by atoms with Crippen molar-refractivity contribution in [1.29, 1.82) is 0 Å². The molecule has 0 fully saturated rings. The lowest BCUT2D eigenvalue weighted by molar-refractivity contribution is 0.588. The van der Waals surface area contributed by atoms with Crippen molar-refractivity contribution in [2.24, 2.45) is 5.84 Å². The van der Waals surface area contributed by atoms with E-state index in [9.17, 15) is 8.42 Å². The number of nitrogens with one attached hydrogen (secondary N) is 2. The summed E-state index contributed by atoms with van der Waals surface area (Å²) in [7, 11) is -1.63. The molecule has 0 atom stereocenters. The van der Waals surface area contributed by atoms with E-state index in [1.165, 1.54) is 24.3 Å². The van der Waals surface area contributed by atoms with E-state index in [0.717, 1.165) is 12.8 Å². The van der Waals surface area contributed by atoms with E-state index in [2.05, 4.69) is 17.0 Å². The Labute approximate surface area is 150 Å². The number of hydrazine groups is 1. The molecule has 0 amide bonds. The van der Waals surface area contributed by atoms with Gasteiger partial charge in [-0.2, -0.15) is 0 Å². The maximum absolute atomic E-state index is 12.1. The summed E-state index contributed by atoms with van der Waals surface area (Å²) in [4.78, 5) is 0. The lowest BCUT2D eigenvalue weighted by Crippen LogP contribution is -2.43. The van der Waals surface area contributed by atoms with Crippen molar-refractivity contribution in [3.8, 4) is 0 Å². The Balaban J connectivity index is 2.48. The maximum atomic E-state index is 12.1. The Morgan fingerprint density at radius 1 is 1.12 bits per heavy atom. The number of nitrogens with zero attached hydrogens (tertiary/aromatic N) is 1. The highest BCUT2D eigenvalue weighted by molar-refractivity contribution is 7.92. The molecule has 0 saturated heterocycles. The van der Waals surface area contributed by atoms with Crippen LogP contribution in [0.1, 0.15) is 45.4 Å². The summed E-state index contributed by atoms with van der Waals surface area (Å²) in [6, 6.07) is 6.77. The highest BCUT2D eigenvalue weighted by atomic mass is 32.2. The molecule has 136 valence electrons.